The lowest BCUT2D eigenvalue weighted by Gasteiger charge is -2.07. The van der Waals surface area contributed by atoms with Crippen LogP contribution in [0.5, 0.6) is 0 Å². The van der Waals surface area contributed by atoms with Gasteiger partial charge in [-0.05, 0) is 17.7 Å². The summed E-state index contributed by atoms with van der Waals surface area (Å²) in [5, 5.41) is 9.24. The number of halogens is 1. The largest absolute Gasteiger partial charge is 0.394 e. The van der Waals surface area contributed by atoms with Crippen molar-refractivity contribution in [2.24, 2.45) is 5.73 Å². The highest BCUT2D eigenvalue weighted by Crippen LogP contribution is 2.54. The zero-order valence-electron chi connectivity index (χ0n) is 10.0. The van der Waals surface area contributed by atoms with Crippen molar-refractivity contribution < 1.29 is 13.5 Å². The average Bonchev–Trinajstić information content (AvgIpc) is 2.98. The fraction of sp³-hybridized carbons (Fsp3) is 0.500. The molecule has 0 aliphatic heterocycles. The minimum Gasteiger partial charge on any atom is -0.394 e. The van der Waals surface area contributed by atoms with Crippen LogP contribution >= 0.6 is 11.6 Å². The molecule has 1 aliphatic carbocycles. The number of aliphatic hydroxyl groups is 1. The number of rotatable bonds is 4. The number of nitrogens with two attached hydrogens (primary N) is 1. The maximum absolute atomic E-state index is 12.0. The monoisotopic (exact) mass is 289 g/mol. The number of hydrogen-bond donors (Lipinski definition) is 2. The second kappa shape index (κ2) is 4.49. The van der Waals surface area contributed by atoms with Gasteiger partial charge >= 0.3 is 0 Å². The summed E-state index contributed by atoms with van der Waals surface area (Å²) in [6.45, 7) is 1.24. The molecular formula is C12H16ClNO3S. The Bertz CT molecular complexity index is 543. The molecule has 18 heavy (non-hydrogen) atoms. The van der Waals surface area contributed by atoms with Crippen molar-refractivity contribution in [3.63, 3.8) is 0 Å². The van der Waals surface area contributed by atoms with Crippen LogP contribution < -0.4 is 5.73 Å². The maximum Gasteiger partial charge on any atom is 0.155 e. The summed E-state index contributed by atoms with van der Waals surface area (Å²) >= 11 is 5.80. The molecule has 0 unspecified atom stereocenters. The van der Waals surface area contributed by atoms with Crippen molar-refractivity contribution in [3.8, 4) is 0 Å². The van der Waals surface area contributed by atoms with E-state index in [4.69, 9.17) is 17.3 Å². The van der Waals surface area contributed by atoms with E-state index in [9.17, 15) is 13.5 Å². The van der Waals surface area contributed by atoms with Crippen LogP contribution in [0.3, 0.4) is 0 Å². The number of hydrogen-bond acceptors (Lipinski definition) is 4. The van der Waals surface area contributed by atoms with Gasteiger partial charge in [0.25, 0.3) is 0 Å². The summed E-state index contributed by atoms with van der Waals surface area (Å²) < 4.78 is 23.9. The molecule has 3 N–H and O–H groups in total. The summed E-state index contributed by atoms with van der Waals surface area (Å²) in [7, 11) is -3.27. The lowest BCUT2D eigenvalue weighted by molar-refractivity contribution is 0.253. The van der Waals surface area contributed by atoms with Gasteiger partial charge in [-0.1, -0.05) is 30.7 Å². The van der Waals surface area contributed by atoms with Crippen molar-refractivity contribution in [3.05, 3.63) is 34.9 Å². The predicted molar refractivity (Wildman–Crippen MR) is 71.4 cm³/mol. The third-order valence-corrected chi connectivity index (χ3v) is 6.14. The lowest BCUT2D eigenvalue weighted by atomic mass is 10.1. The molecule has 100 valence electrons. The van der Waals surface area contributed by atoms with Crippen LogP contribution in [0, 0.1) is 0 Å². The molecule has 1 saturated carbocycles. The van der Waals surface area contributed by atoms with Gasteiger partial charge in [-0.25, -0.2) is 8.42 Å². The molecule has 1 aliphatic rings. The summed E-state index contributed by atoms with van der Waals surface area (Å²) in [5.41, 5.74) is 5.74. The van der Waals surface area contributed by atoms with Gasteiger partial charge in [0, 0.05) is 16.7 Å². The van der Waals surface area contributed by atoms with E-state index in [0.717, 1.165) is 5.56 Å². The Hall–Kier alpha value is -0.620. The minimum absolute atomic E-state index is 0.0285. The van der Waals surface area contributed by atoms with Crippen LogP contribution in [0.4, 0.5) is 0 Å². The van der Waals surface area contributed by atoms with Crippen molar-refractivity contribution in [2.75, 3.05) is 12.4 Å². The predicted octanol–water partition coefficient (Wildman–Crippen LogP) is 0.930. The zero-order valence-corrected chi connectivity index (χ0v) is 11.6. The van der Waals surface area contributed by atoms with Crippen LogP contribution in [-0.4, -0.2) is 36.7 Å². The van der Waals surface area contributed by atoms with Crippen LogP contribution in [0.15, 0.2) is 24.3 Å². The first kappa shape index (κ1) is 13.8. The van der Waals surface area contributed by atoms with E-state index in [1.807, 2.05) is 0 Å². The van der Waals surface area contributed by atoms with Crippen LogP contribution in [0.25, 0.3) is 0 Å². The highest BCUT2D eigenvalue weighted by Gasteiger charge is 2.68. The third kappa shape index (κ3) is 2.05. The van der Waals surface area contributed by atoms with E-state index in [1.165, 1.54) is 0 Å². The smallest absolute Gasteiger partial charge is 0.155 e. The summed E-state index contributed by atoms with van der Waals surface area (Å²) in [6, 6.07) is 6.91. The van der Waals surface area contributed by atoms with E-state index >= 15 is 0 Å². The Labute approximate surface area is 112 Å². The topological polar surface area (TPSA) is 80.4 Å². The standard InChI is InChI=1S/C12H16ClNO3S/c1-2-18(16,17)11-10(12(11,14)7-15)8-3-5-9(13)6-4-8/h3-6,10-11,15H,2,7,14H2,1H3/t10-,11-,12-/m1/s1. The quantitative estimate of drug-likeness (QED) is 0.864. The van der Waals surface area contributed by atoms with Gasteiger partial charge in [-0.2, -0.15) is 0 Å². The van der Waals surface area contributed by atoms with E-state index in [-0.39, 0.29) is 18.3 Å². The van der Waals surface area contributed by atoms with Gasteiger partial charge in [0.05, 0.1) is 17.4 Å². The van der Waals surface area contributed by atoms with E-state index in [1.54, 1.807) is 31.2 Å². The van der Waals surface area contributed by atoms with E-state index in [0.29, 0.717) is 5.02 Å². The average molecular weight is 290 g/mol. The maximum atomic E-state index is 12.0. The molecule has 1 aromatic carbocycles. The Morgan fingerprint density at radius 3 is 2.39 bits per heavy atom. The van der Waals surface area contributed by atoms with Gasteiger partial charge in [0.1, 0.15) is 0 Å². The number of aliphatic hydroxyl groups excluding tert-OH is 1. The molecule has 0 spiro atoms. The third-order valence-electron chi connectivity index (χ3n) is 3.59. The second-order valence-corrected chi connectivity index (χ2v) is 7.52. The van der Waals surface area contributed by atoms with Crippen molar-refractivity contribution in [1.82, 2.24) is 0 Å². The first-order valence-corrected chi connectivity index (χ1v) is 7.83. The molecule has 0 radical (unpaired) electrons. The fourth-order valence-electron chi connectivity index (χ4n) is 2.49. The summed E-state index contributed by atoms with van der Waals surface area (Å²) in [4.78, 5) is 0. The Balaban J connectivity index is 2.37. The Kier molecular flexibility index (Phi) is 3.44. The SMILES string of the molecule is CCS(=O)(=O)[C@@H]1[C@@H](c2ccc(Cl)cc2)[C@]1(N)CO. The number of sulfone groups is 1. The molecule has 0 bridgehead atoms. The van der Waals surface area contributed by atoms with Gasteiger partial charge in [0.15, 0.2) is 9.84 Å². The molecule has 0 amide bonds. The molecule has 1 aromatic rings. The summed E-state index contributed by atoms with van der Waals surface area (Å²) in [5.74, 6) is -0.328. The molecule has 6 heteroatoms. The highest BCUT2D eigenvalue weighted by molar-refractivity contribution is 7.92. The van der Waals surface area contributed by atoms with Crippen LogP contribution in [-0.2, 0) is 9.84 Å². The number of benzene rings is 1. The fourth-order valence-corrected chi connectivity index (χ4v) is 4.61. The molecule has 2 rings (SSSR count). The lowest BCUT2D eigenvalue weighted by Crippen LogP contribution is -2.35. The van der Waals surface area contributed by atoms with Gasteiger partial charge in [-0.15, -0.1) is 0 Å². The van der Waals surface area contributed by atoms with Crippen molar-refractivity contribution in [1.29, 1.82) is 0 Å². The van der Waals surface area contributed by atoms with Crippen LogP contribution in [0.2, 0.25) is 5.02 Å². The molecule has 1 fully saturated rings. The first-order chi connectivity index (χ1) is 8.36. The van der Waals surface area contributed by atoms with Gasteiger partial charge < -0.3 is 10.8 Å². The molecule has 4 nitrogen and oxygen atoms in total. The first-order valence-electron chi connectivity index (χ1n) is 5.73. The highest BCUT2D eigenvalue weighted by atomic mass is 35.5. The zero-order chi connectivity index (χ0) is 13.6. The summed E-state index contributed by atoms with van der Waals surface area (Å²) in [6.07, 6.45) is 0. The van der Waals surface area contributed by atoms with E-state index in [2.05, 4.69) is 0 Å². The molecule has 0 aromatic heterocycles. The van der Waals surface area contributed by atoms with Crippen LogP contribution in [0.1, 0.15) is 18.4 Å². The molecule has 0 saturated heterocycles. The van der Waals surface area contributed by atoms with Crippen molar-refractivity contribution in [2.45, 2.75) is 23.6 Å². The normalized spacial score (nSPS) is 31.3. The van der Waals surface area contributed by atoms with E-state index < -0.39 is 20.6 Å². The van der Waals surface area contributed by atoms with Gasteiger partial charge in [-0.3, -0.25) is 0 Å². The van der Waals surface area contributed by atoms with Gasteiger partial charge in [0.2, 0.25) is 0 Å². The molecular weight excluding hydrogens is 274 g/mol. The Morgan fingerprint density at radius 1 is 1.39 bits per heavy atom. The Morgan fingerprint density at radius 2 is 1.94 bits per heavy atom. The molecule has 0 heterocycles. The molecule has 3 atom stereocenters. The van der Waals surface area contributed by atoms with Crippen molar-refractivity contribution >= 4 is 21.4 Å². The minimum atomic E-state index is -3.27. The second-order valence-electron chi connectivity index (χ2n) is 4.67.